The topological polar surface area (TPSA) is 108 Å². The van der Waals surface area contributed by atoms with Crippen molar-refractivity contribution in [1.29, 1.82) is 0 Å². The van der Waals surface area contributed by atoms with E-state index in [1.165, 1.54) is 18.8 Å². The van der Waals surface area contributed by atoms with Gasteiger partial charge in [0, 0.05) is 17.8 Å². The lowest BCUT2D eigenvalue weighted by Gasteiger charge is -2.15. The normalized spacial score (nSPS) is 21.1. The van der Waals surface area contributed by atoms with E-state index in [9.17, 15) is 15.0 Å². The van der Waals surface area contributed by atoms with E-state index < -0.39 is 18.0 Å². The molecule has 1 fully saturated rings. The van der Waals surface area contributed by atoms with Crippen molar-refractivity contribution in [2.75, 3.05) is 5.32 Å². The van der Waals surface area contributed by atoms with Crippen LogP contribution < -0.4 is 5.32 Å². The number of rotatable bonds is 6. The van der Waals surface area contributed by atoms with Crippen LogP contribution in [0.3, 0.4) is 0 Å². The molecule has 7 nitrogen and oxygen atoms in total. The van der Waals surface area contributed by atoms with Crippen molar-refractivity contribution in [3.05, 3.63) is 60.3 Å². The average Bonchev–Trinajstić information content (AvgIpc) is 3.23. The molecule has 3 N–H and O–H groups in total. The van der Waals surface area contributed by atoms with Crippen LogP contribution in [-0.4, -0.2) is 38.1 Å². The van der Waals surface area contributed by atoms with E-state index in [4.69, 9.17) is 4.42 Å². The zero-order chi connectivity index (χ0) is 18.0. The van der Waals surface area contributed by atoms with E-state index in [2.05, 4.69) is 21.9 Å². The van der Waals surface area contributed by atoms with Crippen molar-refractivity contribution in [2.24, 2.45) is 0 Å². The van der Waals surface area contributed by atoms with Gasteiger partial charge in [0.15, 0.2) is 5.76 Å². The first-order chi connectivity index (χ1) is 12.0. The van der Waals surface area contributed by atoms with Gasteiger partial charge in [-0.25, -0.2) is 9.97 Å². The number of aromatic nitrogens is 2. The third kappa shape index (κ3) is 3.62. The summed E-state index contributed by atoms with van der Waals surface area (Å²) in [4.78, 5) is 21.0. The van der Waals surface area contributed by atoms with Crippen LogP contribution in [0.5, 0.6) is 0 Å². The molecule has 25 heavy (non-hydrogen) atoms. The SMILES string of the molecule is C=C(C)[C@@H](O)c1ccoc1C(=O)c1cncnc1N[C@@H]1C[CH][C@H](O)C1. The number of carbonyl (C=O) groups is 1. The number of nitrogens with one attached hydrogen (secondary N) is 1. The van der Waals surface area contributed by atoms with Crippen LogP contribution in [0.15, 0.2) is 41.4 Å². The fourth-order valence-corrected chi connectivity index (χ4v) is 2.83. The Hall–Kier alpha value is -2.51. The Morgan fingerprint density at radius 3 is 3.00 bits per heavy atom. The lowest BCUT2D eigenvalue weighted by molar-refractivity contribution is 0.100. The molecular formula is C18H20N3O4. The molecule has 3 atom stereocenters. The Morgan fingerprint density at radius 2 is 2.32 bits per heavy atom. The zero-order valence-corrected chi connectivity index (χ0v) is 13.8. The van der Waals surface area contributed by atoms with Crippen LogP contribution in [0.1, 0.15) is 47.6 Å². The zero-order valence-electron chi connectivity index (χ0n) is 13.8. The Balaban J connectivity index is 1.89. The standard InChI is InChI=1S/C18H20N3O4/c1-10(2)15(23)13-5-6-25-17(13)16(24)14-8-19-9-20-18(14)21-11-3-4-12(22)7-11/h4-6,8-9,11-12,15,22-23H,1,3,7H2,2H3,(H,19,20,21)/t11-,12+,15-/m1/s1. The van der Waals surface area contributed by atoms with Gasteiger partial charge < -0.3 is 19.9 Å². The molecule has 131 valence electrons. The second-order valence-corrected chi connectivity index (χ2v) is 6.18. The van der Waals surface area contributed by atoms with Gasteiger partial charge in [0.1, 0.15) is 18.2 Å². The number of nitrogens with zero attached hydrogens (tertiary/aromatic N) is 2. The minimum Gasteiger partial charge on any atom is -0.460 e. The summed E-state index contributed by atoms with van der Waals surface area (Å²) in [5, 5.41) is 23.0. The third-order valence-corrected chi connectivity index (χ3v) is 4.18. The van der Waals surface area contributed by atoms with Gasteiger partial charge in [-0.15, -0.1) is 0 Å². The van der Waals surface area contributed by atoms with Crippen LogP contribution >= 0.6 is 0 Å². The fourth-order valence-electron chi connectivity index (χ4n) is 2.83. The molecule has 3 rings (SSSR count). The number of furan rings is 1. The Morgan fingerprint density at radius 1 is 1.52 bits per heavy atom. The highest BCUT2D eigenvalue weighted by Gasteiger charge is 2.28. The van der Waals surface area contributed by atoms with E-state index >= 15 is 0 Å². The summed E-state index contributed by atoms with van der Waals surface area (Å²) >= 11 is 0. The number of hydrogen-bond acceptors (Lipinski definition) is 7. The molecule has 0 spiro atoms. The summed E-state index contributed by atoms with van der Waals surface area (Å²) < 4.78 is 5.31. The predicted molar refractivity (Wildman–Crippen MR) is 90.9 cm³/mol. The third-order valence-electron chi connectivity index (χ3n) is 4.18. The molecule has 1 aliphatic rings. The first kappa shape index (κ1) is 17.3. The van der Waals surface area contributed by atoms with Crippen molar-refractivity contribution in [2.45, 2.75) is 38.0 Å². The predicted octanol–water partition coefficient (Wildman–Crippen LogP) is 2.05. The number of aliphatic hydroxyl groups is 2. The van der Waals surface area contributed by atoms with Crippen LogP contribution in [0.25, 0.3) is 0 Å². The summed E-state index contributed by atoms with van der Waals surface area (Å²) in [6.45, 7) is 5.38. The second kappa shape index (κ2) is 7.16. The van der Waals surface area contributed by atoms with E-state index in [0.29, 0.717) is 29.8 Å². The number of anilines is 1. The number of hydrogen-bond donors (Lipinski definition) is 3. The molecule has 7 heteroatoms. The summed E-state index contributed by atoms with van der Waals surface area (Å²) in [6.07, 6.45) is 5.71. The van der Waals surface area contributed by atoms with Gasteiger partial charge in [-0.2, -0.15) is 0 Å². The van der Waals surface area contributed by atoms with Gasteiger partial charge in [0.25, 0.3) is 0 Å². The van der Waals surface area contributed by atoms with E-state index in [1.807, 2.05) is 6.42 Å². The molecule has 0 aromatic carbocycles. The molecule has 0 amide bonds. The average molecular weight is 342 g/mol. The van der Waals surface area contributed by atoms with Crippen molar-refractivity contribution < 1.29 is 19.4 Å². The Labute approximate surface area is 145 Å². The number of aliphatic hydroxyl groups excluding tert-OH is 2. The van der Waals surface area contributed by atoms with Gasteiger partial charge in [0.2, 0.25) is 5.78 Å². The molecule has 0 bridgehead atoms. The van der Waals surface area contributed by atoms with Gasteiger partial charge in [0.05, 0.1) is 17.9 Å². The van der Waals surface area contributed by atoms with Crippen LogP contribution in [0, 0.1) is 6.42 Å². The molecule has 0 unspecified atom stereocenters. The van der Waals surface area contributed by atoms with Gasteiger partial charge in [-0.1, -0.05) is 6.58 Å². The highest BCUT2D eigenvalue weighted by Crippen LogP contribution is 2.29. The minimum absolute atomic E-state index is 0.00599. The lowest BCUT2D eigenvalue weighted by Crippen LogP contribution is -2.20. The minimum atomic E-state index is -0.988. The fraction of sp³-hybridized carbons (Fsp3) is 0.333. The summed E-state index contributed by atoms with van der Waals surface area (Å²) in [6, 6.07) is 1.54. The molecule has 1 saturated carbocycles. The van der Waals surface area contributed by atoms with Crippen LogP contribution in [-0.2, 0) is 0 Å². The summed E-state index contributed by atoms with van der Waals surface area (Å²) in [5.74, 6) is -0.0167. The maximum Gasteiger partial charge on any atom is 0.233 e. The first-order valence-corrected chi connectivity index (χ1v) is 8.01. The highest BCUT2D eigenvalue weighted by molar-refractivity contribution is 6.10. The highest BCUT2D eigenvalue weighted by atomic mass is 16.3. The molecule has 0 aliphatic heterocycles. The molecular weight excluding hydrogens is 322 g/mol. The van der Waals surface area contributed by atoms with E-state index in [-0.39, 0.29) is 17.4 Å². The number of ketones is 1. The first-order valence-electron chi connectivity index (χ1n) is 8.01. The molecule has 2 aromatic rings. The van der Waals surface area contributed by atoms with Crippen molar-refractivity contribution in [3.8, 4) is 0 Å². The maximum absolute atomic E-state index is 12.9. The lowest BCUT2D eigenvalue weighted by atomic mass is 10.0. The molecule has 2 aromatic heterocycles. The van der Waals surface area contributed by atoms with Gasteiger partial charge in [-0.3, -0.25) is 4.79 Å². The monoisotopic (exact) mass is 342 g/mol. The second-order valence-electron chi connectivity index (χ2n) is 6.18. The van der Waals surface area contributed by atoms with Gasteiger partial charge in [-0.05, 0) is 37.8 Å². The van der Waals surface area contributed by atoms with Crippen molar-refractivity contribution >= 4 is 11.6 Å². The van der Waals surface area contributed by atoms with Crippen LogP contribution in [0.2, 0.25) is 0 Å². The van der Waals surface area contributed by atoms with Gasteiger partial charge >= 0.3 is 0 Å². The smallest absolute Gasteiger partial charge is 0.233 e. The van der Waals surface area contributed by atoms with Crippen molar-refractivity contribution in [1.82, 2.24) is 9.97 Å². The largest absolute Gasteiger partial charge is 0.460 e. The quantitative estimate of drug-likeness (QED) is 0.544. The summed E-state index contributed by atoms with van der Waals surface area (Å²) in [5.41, 5.74) is 1.11. The van der Waals surface area contributed by atoms with Crippen LogP contribution in [0.4, 0.5) is 5.82 Å². The molecule has 2 heterocycles. The van der Waals surface area contributed by atoms with Crippen molar-refractivity contribution in [3.63, 3.8) is 0 Å². The van der Waals surface area contributed by atoms with E-state index in [1.54, 1.807) is 13.0 Å². The Bertz CT molecular complexity index is 786. The molecule has 0 saturated heterocycles. The molecule has 1 aliphatic carbocycles. The number of carbonyl (C=O) groups excluding carboxylic acids is 1. The van der Waals surface area contributed by atoms with E-state index in [0.717, 1.165) is 0 Å². The Kier molecular flexibility index (Phi) is 4.96. The summed E-state index contributed by atoms with van der Waals surface area (Å²) in [7, 11) is 0. The molecule has 1 radical (unpaired) electrons. The maximum atomic E-state index is 12.9.